The number of halogens is 2. The lowest BCUT2D eigenvalue weighted by atomic mass is 10.2. The van der Waals surface area contributed by atoms with E-state index in [-0.39, 0.29) is 5.82 Å². The normalized spacial score (nSPS) is 10.5. The second-order valence-corrected chi connectivity index (χ2v) is 3.56. The summed E-state index contributed by atoms with van der Waals surface area (Å²) < 4.78 is 14.6. The molecule has 0 aliphatic heterocycles. The highest BCUT2D eigenvalue weighted by Gasteiger charge is 1.98. The molecule has 0 N–H and O–H groups in total. The number of aromatic nitrogens is 2. The van der Waals surface area contributed by atoms with Crippen LogP contribution in [0.25, 0.3) is 0 Å². The van der Waals surface area contributed by atoms with E-state index in [1.54, 1.807) is 18.5 Å². The summed E-state index contributed by atoms with van der Waals surface area (Å²) in [5.41, 5.74) is 1.88. The molecule has 0 aliphatic rings. The van der Waals surface area contributed by atoms with Crippen LogP contribution >= 0.6 is 11.6 Å². The Balaban J connectivity index is 2.11. The van der Waals surface area contributed by atoms with Gasteiger partial charge in [-0.2, -0.15) is 0 Å². The Morgan fingerprint density at radius 3 is 2.60 bits per heavy atom. The van der Waals surface area contributed by atoms with Crippen molar-refractivity contribution in [2.24, 2.45) is 0 Å². The molecule has 2 nitrogen and oxygen atoms in total. The Morgan fingerprint density at radius 1 is 1.27 bits per heavy atom. The number of nitrogens with zero attached hydrogens (tertiary/aromatic N) is 2. The van der Waals surface area contributed by atoms with E-state index in [9.17, 15) is 4.39 Å². The SMILES string of the molecule is Fc1ccc(Cn2cnc(CCl)c2)cc1. The monoisotopic (exact) mass is 224 g/mol. The molecule has 0 spiro atoms. The van der Waals surface area contributed by atoms with Crippen molar-refractivity contribution < 1.29 is 4.39 Å². The number of imidazole rings is 1. The second-order valence-electron chi connectivity index (χ2n) is 3.30. The third kappa shape index (κ3) is 2.57. The molecule has 2 rings (SSSR count). The largest absolute Gasteiger partial charge is 0.333 e. The maximum absolute atomic E-state index is 12.6. The summed E-state index contributed by atoms with van der Waals surface area (Å²) in [5.74, 6) is 0.196. The van der Waals surface area contributed by atoms with E-state index in [0.29, 0.717) is 12.4 Å². The molecular weight excluding hydrogens is 215 g/mol. The van der Waals surface area contributed by atoms with E-state index in [2.05, 4.69) is 4.98 Å². The van der Waals surface area contributed by atoms with Crippen LogP contribution in [0, 0.1) is 5.82 Å². The van der Waals surface area contributed by atoms with Crippen LogP contribution in [0.5, 0.6) is 0 Å². The molecular formula is C11H10ClFN2. The van der Waals surface area contributed by atoms with E-state index in [4.69, 9.17) is 11.6 Å². The third-order valence-electron chi connectivity index (χ3n) is 2.10. The van der Waals surface area contributed by atoms with Gasteiger partial charge in [0.1, 0.15) is 5.82 Å². The lowest BCUT2D eigenvalue weighted by Gasteiger charge is -2.01. The Labute approximate surface area is 92.3 Å². The van der Waals surface area contributed by atoms with Crippen LogP contribution in [0.2, 0.25) is 0 Å². The zero-order chi connectivity index (χ0) is 10.7. The minimum absolute atomic E-state index is 0.217. The molecule has 0 saturated carbocycles. The molecule has 1 heterocycles. The molecule has 2 aromatic rings. The van der Waals surface area contributed by atoms with E-state index in [1.807, 2.05) is 10.8 Å². The second kappa shape index (κ2) is 4.45. The van der Waals surface area contributed by atoms with Crippen molar-refractivity contribution in [3.8, 4) is 0 Å². The van der Waals surface area contributed by atoms with Gasteiger partial charge in [-0.25, -0.2) is 9.37 Å². The molecule has 15 heavy (non-hydrogen) atoms. The first-order valence-electron chi connectivity index (χ1n) is 4.59. The van der Waals surface area contributed by atoms with Gasteiger partial charge in [0.15, 0.2) is 0 Å². The van der Waals surface area contributed by atoms with Crippen molar-refractivity contribution in [3.05, 3.63) is 53.9 Å². The van der Waals surface area contributed by atoms with Crippen LogP contribution in [-0.2, 0) is 12.4 Å². The molecule has 0 radical (unpaired) electrons. The van der Waals surface area contributed by atoms with Crippen molar-refractivity contribution in [1.82, 2.24) is 9.55 Å². The van der Waals surface area contributed by atoms with Crippen molar-refractivity contribution in [2.45, 2.75) is 12.4 Å². The first kappa shape index (κ1) is 10.2. The summed E-state index contributed by atoms with van der Waals surface area (Å²) in [7, 11) is 0. The van der Waals surface area contributed by atoms with Gasteiger partial charge in [0.05, 0.1) is 17.9 Å². The van der Waals surface area contributed by atoms with Crippen LogP contribution < -0.4 is 0 Å². The smallest absolute Gasteiger partial charge is 0.123 e. The molecule has 0 unspecified atom stereocenters. The van der Waals surface area contributed by atoms with Crippen molar-refractivity contribution in [1.29, 1.82) is 0 Å². The zero-order valence-electron chi connectivity index (χ0n) is 8.03. The highest BCUT2D eigenvalue weighted by atomic mass is 35.5. The predicted octanol–water partition coefficient (Wildman–Crippen LogP) is 2.81. The van der Waals surface area contributed by atoms with Gasteiger partial charge in [0.25, 0.3) is 0 Å². The molecule has 0 atom stereocenters. The minimum Gasteiger partial charge on any atom is -0.333 e. The fourth-order valence-corrected chi connectivity index (χ4v) is 1.50. The summed E-state index contributed by atoms with van der Waals surface area (Å²) >= 11 is 5.64. The quantitative estimate of drug-likeness (QED) is 0.734. The van der Waals surface area contributed by atoms with E-state index in [0.717, 1.165) is 11.3 Å². The molecule has 0 amide bonds. The maximum atomic E-state index is 12.6. The van der Waals surface area contributed by atoms with Gasteiger partial charge in [-0.05, 0) is 17.7 Å². The maximum Gasteiger partial charge on any atom is 0.123 e. The molecule has 1 aromatic carbocycles. The molecule has 0 bridgehead atoms. The predicted molar refractivity (Wildman–Crippen MR) is 57.3 cm³/mol. The van der Waals surface area contributed by atoms with Gasteiger partial charge >= 0.3 is 0 Å². The Kier molecular flexibility index (Phi) is 3.02. The van der Waals surface area contributed by atoms with Gasteiger partial charge in [-0.3, -0.25) is 0 Å². The van der Waals surface area contributed by atoms with Gasteiger partial charge < -0.3 is 4.57 Å². The topological polar surface area (TPSA) is 17.8 Å². The molecule has 1 aromatic heterocycles. The van der Waals surface area contributed by atoms with E-state index >= 15 is 0 Å². The van der Waals surface area contributed by atoms with E-state index in [1.165, 1.54) is 12.1 Å². The van der Waals surface area contributed by atoms with Crippen LogP contribution in [0.4, 0.5) is 4.39 Å². The molecule has 0 aliphatic carbocycles. The standard InChI is InChI=1S/C11H10ClFN2/c12-5-11-7-15(8-14-11)6-9-1-3-10(13)4-2-9/h1-4,7-8H,5-6H2. The van der Waals surface area contributed by atoms with Gasteiger partial charge in [0, 0.05) is 12.7 Å². The first-order valence-corrected chi connectivity index (χ1v) is 5.12. The van der Waals surface area contributed by atoms with Crippen LogP contribution in [0.15, 0.2) is 36.8 Å². The summed E-state index contributed by atoms with van der Waals surface area (Å²) in [5, 5.41) is 0. The summed E-state index contributed by atoms with van der Waals surface area (Å²) in [6, 6.07) is 6.43. The average Bonchev–Trinajstić information content (AvgIpc) is 2.69. The molecule has 4 heteroatoms. The zero-order valence-corrected chi connectivity index (χ0v) is 8.78. The summed E-state index contributed by atoms with van der Waals surface area (Å²) in [6.45, 7) is 0.685. The molecule has 0 fully saturated rings. The third-order valence-corrected chi connectivity index (χ3v) is 2.38. The lowest BCUT2D eigenvalue weighted by Crippen LogP contribution is -1.96. The van der Waals surface area contributed by atoms with Gasteiger partial charge in [0.2, 0.25) is 0 Å². The molecule has 78 valence electrons. The number of rotatable bonds is 3. The number of benzene rings is 1. The van der Waals surface area contributed by atoms with Gasteiger partial charge in [-0.1, -0.05) is 12.1 Å². The number of alkyl halides is 1. The first-order chi connectivity index (χ1) is 7.28. The van der Waals surface area contributed by atoms with Crippen LogP contribution in [0.1, 0.15) is 11.3 Å². The Morgan fingerprint density at radius 2 is 2.00 bits per heavy atom. The number of hydrogen-bond donors (Lipinski definition) is 0. The summed E-state index contributed by atoms with van der Waals surface area (Å²) in [6.07, 6.45) is 3.61. The summed E-state index contributed by atoms with van der Waals surface area (Å²) in [4.78, 5) is 4.11. The fourth-order valence-electron chi connectivity index (χ4n) is 1.36. The lowest BCUT2D eigenvalue weighted by molar-refractivity contribution is 0.626. The van der Waals surface area contributed by atoms with Crippen LogP contribution in [-0.4, -0.2) is 9.55 Å². The van der Waals surface area contributed by atoms with Crippen molar-refractivity contribution >= 4 is 11.6 Å². The van der Waals surface area contributed by atoms with Gasteiger partial charge in [-0.15, -0.1) is 11.6 Å². The highest BCUT2D eigenvalue weighted by molar-refractivity contribution is 6.16. The highest BCUT2D eigenvalue weighted by Crippen LogP contribution is 2.06. The average molecular weight is 225 g/mol. The Bertz CT molecular complexity index is 436. The van der Waals surface area contributed by atoms with Crippen molar-refractivity contribution in [2.75, 3.05) is 0 Å². The minimum atomic E-state index is -0.217. The fraction of sp³-hybridized carbons (Fsp3) is 0.182. The van der Waals surface area contributed by atoms with E-state index < -0.39 is 0 Å². The van der Waals surface area contributed by atoms with Crippen LogP contribution in [0.3, 0.4) is 0 Å². The van der Waals surface area contributed by atoms with Crippen molar-refractivity contribution in [3.63, 3.8) is 0 Å². The Hall–Kier alpha value is -1.35. The number of hydrogen-bond acceptors (Lipinski definition) is 1. The molecule has 0 saturated heterocycles.